The second-order valence-corrected chi connectivity index (χ2v) is 4.22. The van der Waals surface area contributed by atoms with Crippen molar-refractivity contribution in [3.8, 4) is 11.1 Å². The van der Waals surface area contributed by atoms with Crippen LogP contribution in [0.2, 0.25) is 0 Å². The van der Waals surface area contributed by atoms with Crippen molar-refractivity contribution in [3.05, 3.63) is 53.3 Å². The van der Waals surface area contributed by atoms with Crippen molar-refractivity contribution < 1.29 is 17.6 Å². The van der Waals surface area contributed by atoms with E-state index in [0.29, 0.717) is 11.3 Å². The summed E-state index contributed by atoms with van der Waals surface area (Å²) in [7, 11) is 0. The molecule has 0 aliphatic heterocycles. The van der Waals surface area contributed by atoms with E-state index in [2.05, 4.69) is 0 Å². The van der Waals surface area contributed by atoms with Gasteiger partial charge in [-0.3, -0.25) is 0 Å². The Morgan fingerprint density at radius 3 is 2.05 bits per heavy atom. The zero-order valence-electron chi connectivity index (χ0n) is 10.1. The molecule has 0 atom stereocenters. The molecule has 19 heavy (non-hydrogen) atoms. The molecule has 2 N–H and O–H groups in total. The fourth-order valence-corrected chi connectivity index (χ4v) is 1.76. The molecule has 0 bridgehead atoms. The molecule has 0 aliphatic rings. The van der Waals surface area contributed by atoms with Gasteiger partial charge in [0.2, 0.25) is 0 Å². The molecule has 0 saturated heterocycles. The number of hydrogen-bond donors (Lipinski definition) is 1. The SMILES string of the molecule is Cc1c(N)ccc(-c2ccc(C(F)(F)F)cc2)c1F. The van der Waals surface area contributed by atoms with Crippen LogP contribution in [0.5, 0.6) is 0 Å². The first-order valence-corrected chi connectivity index (χ1v) is 5.53. The summed E-state index contributed by atoms with van der Waals surface area (Å²) in [5, 5.41) is 0. The molecule has 0 fully saturated rings. The Bertz CT molecular complexity index is 600. The van der Waals surface area contributed by atoms with Crippen LogP contribution in [0.3, 0.4) is 0 Å². The Kier molecular flexibility index (Phi) is 3.22. The van der Waals surface area contributed by atoms with Crippen molar-refractivity contribution in [2.24, 2.45) is 0 Å². The molecule has 2 rings (SSSR count). The number of nitrogens with two attached hydrogens (primary N) is 1. The summed E-state index contributed by atoms with van der Waals surface area (Å²) in [4.78, 5) is 0. The van der Waals surface area contributed by atoms with Gasteiger partial charge >= 0.3 is 6.18 Å². The van der Waals surface area contributed by atoms with E-state index in [1.807, 2.05) is 0 Å². The topological polar surface area (TPSA) is 26.0 Å². The van der Waals surface area contributed by atoms with Gasteiger partial charge in [0.15, 0.2) is 0 Å². The van der Waals surface area contributed by atoms with Gasteiger partial charge in [0.05, 0.1) is 5.56 Å². The number of rotatable bonds is 1. The van der Waals surface area contributed by atoms with E-state index in [0.717, 1.165) is 12.1 Å². The fourth-order valence-electron chi connectivity index (χ4n) is 1.76. The van der Waals surface area contributed by atoms with E-state index in [-0.39, 0.29) is 11.1 Å². The molecule has 2 aromatic rings. The van der Waals surface area contributed by atoms with Crippen molar-refractivity contribution in [2.75, 3.05) is 5.73 Å². The van der Waals surface area contributed by atoms with Crippen LogP contribution in [0.4, 0.5) is 23.2 Å². The molecule has 1 nitrogen and oxygen atoms in total. The van der Waals surface area contributed by atoms with Crippen LogP contribution >= 0.6 is 0 Å². The lowest BCUT2D eigenvalue weighted by Gasteiger charge is -2.10. The maximum Gasteiger partial charge on any atom is 0.416 e. The van der Waals surface area contributed by atoms with Crippen LogP contribution in [0.15, 0.2) is 36.4 Å². The molecular formula is C14H11F4N. The summed E-state index contributed by atoms with van der Waals surface area (Å²) >= 11 is 0. The molecule has 5 heteroatoms. The van der Waals surface area contributed by atoms with Gasteiger partial charge in [-0.25, -0.2) is 4.39 Å². The minimum absolute atomic E-state index is 0.237. The van der Waals surface area contributed by atoms with Crippen molar-refractivity contribution in [1.29, 1.82) is 0 Å². The summed E-state index contributed by atoms with van der Waals surface area (Å²) in [6.45, 7) is 1.53. The second kappa shape index (κ2) is 4.57. The third-order valence-corrected chi connectivity index (χ3v) is 2.95. The standard InChI is InChI=1S/C14H11F4N/c1-8-12(19)7-6-11(13(8)15)9-2-4-10(5-3-9)14(16,17)18/h2-7H,19H2,1H3. The Labute approximate surface area is 107 Å². The Hall–Kier alpha value is -2.04. The summed E-state index contributed by atoms with van der Waals surface area (Å²) in [5.74, 6) is -0.514. The first-order valence-electron chi connectivity index (χ1n) is 5.53. The van der Waals surface area contributed by atoms with E-state index in [1.165, 1.54) is 31.2 Å². The number of hydrogen-bond acceptors (Lipinski definition) is 1. The van der Waals surface area contributed by atoms with Gasteiger partial charge in [-0.15, -0.1) is 0 Å². The Balaban J connectivity index is 2.46. The van der Waals surface area contributed by atoms with Gasteiger partial charge in [0, 0.05) is 16.8 Å². The van der Waals surface area contributed by atoms with Crippen molar-refractivity contribution in [3.63, 3.8) is 0 Å². The Morgan fingerprint density at radius 2 is 1.53 bits per heavy atom. The number of nitrogen functional groups attached to an aromatic ring is 1. The van der Waals surface area contributed by atoms with Gasteiger partial charge in [-0.1, -0.05) is 12.1 Å². The fraction of sp³-hybridized carbons (Fsp3) is 0.143. The van der Waals surface area contributed by atoms with Gasteiger partial charge in [-0.2, -0.15) is 13.2 Å². The van der Waals surface area contributed by atoms with Crippen LogP contribution in [-0.2, 0) is 6.18 Å². The van der Waals surface area contributed by atoms with Crippen molar-refractivity contribution >= 4 is 5.69 Å². The number of benzene rings is 2. The third-order valence-electron chi connectivity index (χ3n) is 2.95. The van der Waals surface area contributed by atoms with Crippen LogP contribution in [0.25, 0.3) is 11.1 Å². The Morgan fingerprint density at radius 1 is 0.947 bits per heavy atom. The van der Waals surface area contributed by atoms with Crippen LogP contribution in [-0.4, -0.2) is 0 Å². The van der Waals surface area contributed by atoms with Gasteiger partial charge in [-0.05, 0) is 36.8 Å². The first-order chi connectivity index (χ1) is 8.80. The zero-order valence-corrected chi connectivity index (χ0v) is 10.1. The molecule has 0 saturated carbocycles. The normalized spacial score (nSPS) is 11.6. The highest BCUT2D eigenvalue weighted by atomic mass is 19.4. The zero-order chi connectivity index (χ0) is 14.2. The summed E-state index contributed by atoms with van der Waals surface area (Å²) in [6, 6.07) is 7.35. The minimum atomic E-state index is -4.39. The lowest BCUT2D eigenvalue weighted by atomic mass is 10.0. The van der Waals surface area contributed by atoms with Gasteiger partial charge in [0.25, 0.3) is 0 Å². The largest absolute Gasteiger partial charge is 0.416 e. The van der Waals surface area contributed by atoms with E-state index >= 15 is 0 Å². The molecule has 2 aromatic carbocycles. The highest BCUT2D eigenvalue weighted by Crippen LogP contribution is 2.32. The molecule has 0 aliphatic carbocycles. The summed E-state index contributed by atoms with van der Waals surface area (Å²) in [5.41, 5.74) is 6.02. The molecule has 0 aromatic heterocycles. The predicted octanol–water partition coefficient (Wildman–Crippen LogP) is 4.40. The predicted molar refractivity (Wildman–Crippen MR) is 66.0 cm³/mol. The summed E-state index contributed by atoms with van der Waals surface area (Å²) < 4.78 is 51.3. The van der Waals surface area contributed by atoms with E-state index < -0.39 is 17.6 Å². The molecule has 100 valence electrons. The lowest BCUT2D eigenvalue weighted by Crippen LogP contribution is -2.04. The van der Waals surface area contributed by atoms with E-state index in [9.17, 15) is 17.6 Å². The quantitative estimate of drug-likeness (QED) is 0.602. The average molecular weight is 269 g/mol. The van der Waals surface area contributed by atoms with Gasteiger partial charge in [0.1, 0.15) is 5.82 Å². The van der Waals surface area contributed by atoms with E-state index in [1.54, 1.807) is 0 Å². The highest BCUT2D eigenvalue weighted by molar-refractivity contribution is 5.68. The first kappa shape index (κ1) is 13.4. The molecule has 0 amide bonds. The molecular weight excluding hydrogens is 258 g/mol. The lowest BCUT2D eigenvalue weighted by molar-refractivity contribution is -0.137. The maximum absolute atomic E-state index is 14.0. The number of halogens is 4. The monoisotopic (exact) mass is 269 g/mol. The molecule has 0 radical (unpaired) electrons. The highest BCUT2D eigenvalue weighted by Gasteiger charge is 2.30. The van der Waals surface area contributed by atoms with Crippen LogP contribution in [0.1, 0.15) is 11.1 Å². The minimum Gasteiger partial charge on any atom is -0.398 e. The van der Waals surface area contributed by atoms with Crippen LogP contribution < -0.4 is 5.73 Å². The number of alkyl halides is 3. The van der Waals surface area contributed by atoms with Crippen molar-refractivity contribution in [1.82, 2.24) is 0 Å². The smallest absolute Gasteiger partial charge is 0.398 e. The van der Waals surface area contributed by atoms with Crippen LogP contribution in [0, 0.1) is 12.7 Å². The molecule has 0 spiro atoms. The third kappa shape index (κ3) is 2.54. The molecule has 0 heterocycles. The molecule has 0 unspecified atom stereocenters. The van der Waals surface area contributed by atoms with Gasteiger partial charge < -0.3 is 5.73 Å². The average Bonchev–Trinajstić information content (AvgIpc) is 2.35. The second-order valence-electron chi connectivity index (χ2n) is 4.22. The van der Waals surface area contributed by atoms with E-state index in [4.69, 9.17) is 5.73 Å². The number of anilines is 1. The maximum atomic E-state index is 14.0. The summed E-state index contributed by atoms with van der Waals surface area (Å²) in [6.07, 6.45) is -4.39. The van der Waals surface area contributed by atoms with Crippen molar-refractivity contribution in [2.45, 2.75) is 13.1 Å².